The van der Waals surface area contributed by atoms with Gasteiger partial charge in [-0.3, -0.25) is 0 Å². The van der Waals surface area contributed by atoms with E-state index in [0.29, 0.717) is 11.6 Å². The van der Waals surface area contributed by atoms with E-state index in [1.165, 1.54) is 18.3 Å². The van der Waals surface area contributed by atoms with Crippen molar-refractivity contribution in [2.75, 3.05) is 5.73 Å². The van der Waals surface area contributed by atoms with Gasteiger partial charge in [-0.25, -0.2) is 9.37 Å². The Morgan fingerprint density at radius 1 is 1.33 bits per heavy atom. The van der Waals surface area contributed by atoms with Crippen molar-refractivity contribution >= 4 is 5.69 Å². The van der Waals surface area contributed by atoms with E-state index in [2.05, 4.69) is 11.1 Å². The zero-order valence-corrected chi connectivity index (χ0v) is 7.77. The first-order valence-corrected chi connectivity index (χ1v) is 4.31. The number of aromatic nitrogens is 1. The lowest BCUT2D eigenvalue weighted by molar-refractivity contribution is 0.427. The summed E-state index contributed by atoms with van der Waals surface area (Å²) in [7, 11) is 0. The van der Waals surface area contributed by atoms with Gasteiger partial charge >= 0.3 is 0 Å². The zero-order valence-electron chi connectivity index (χ0n) is 7.77. The van der Waals surface area contributed by atoms with Crippen molar-refractivity contribution in [1.29, 1.82) is 0 Å². The fraction of sp³-hybridized carbons (Fsp3) is 0. The second kappa shape index (κ2) is 3.96. The molecule has 0 unspecified atom stereocenters. The average Bonchev–Trinajstić information content (AvgIpc) is 2.25. The normalized spacial score (nSPS) is 9.93. The van der Waals surface area contributed by atoms with Crippen molar-refractivity contribution in [3.05, 3.63) is 48.4 Å². The maximum Gasteiger partial charge on any atom is 0.219 e. The number of nitrogen functional groups attached to an aromatic ring is 1. The first-order valence-electron chi connectivity index (χ1n) is 4.31. The number of benzene rings is 1. The number of pyridine rings is 1. The monoisotopic (exact) mass is 203 g/mol. The summed E-state index contributed by atoms with van der Waals surface area (Å²) in [6.45, 7) is 0. The van der Waals surface area contributed by atoms with Gasteiger partial charge in [-0.15, -0.1) is 0 Å². The molecule has 0 saturated heterocycles. The lowest BCUT2D eigenvalue weighted by Gasteiger charge is -2.04. The van der Waals surface area contributed by atoms with E-state index in [0.717, 1.165) is 0 Å². The molecule has 1 radical (unpaired) electrons. The molecule has 4 heteroatoms. The van der Waals surface area contributed by atoms with Gasteiger partial charge in [0.25, 0.3) is 0 Å². The van der Waals surface area contributed by atoms with Crippen molar-refractivity contribution in [3.8, 4) is 11.6 Å². The van der Waals surface area contributed by atoms with Crippen molar-refractivity contribution in [2.24, 2.45) is 0 Å². The Morgan fingerprint density at radius 2 is 2.20 bits per heavy atom. The van der Waals surface area contributed by atoms with Crippen LogP contribution in [0.2, 0.25) is 0 Å². The van der Waals surface area contributed by atoms with Crippen molar-refractivity contribution in [1.82, 2.24) is 4.98 Å². The Kier molecular flexibility index (Phi) is 2.49. The molecule has 1 heterocycles. The van der Waals surface area contributed by atoms with Crippen LogP contribution in [0.25, 0.3) is 0 Å². The largest absolute Gasteiger partial charge is 0.436 e. The van der Waals surface area contributed by atoms with Crippen LogP contribution in [0.3, 0.4) is 0 Å². The molecule has 2 rings (SSSR count). The van der Waals surface area contributed by atoms with Crippen LogP contribution in [-0.2, 0) is 0 Å². The highest BCUT2D eigenvalue weighted by atomic mass is 19.1. The minimum absolute atomic E-state index is 0.117. The standard InChI is InChI=1S/C11H8FN2O/c12-9-3-1-2-4-10(9)15-11-6-5-8(13)7-14-11/h2-7H,13H2. The highest BCUT2D eigenvalue weighted by Crippen LogP contribution is 2.22. The van der Waals surface area contributed by atoms with E-state index in [1.54, 1.807) is 18.2 Å². The lowest BCUT2D eigenvalue weighted by atomic mass is 10.3. The van der Waals surface area contributed by atoms with Crippen LogP contribution in [-0.4, -0.2) is 4.98 Å². The number of anilines is 1. The fourth-order valence-electron chi connectivity index (χ4n) is 1.04. The number of halogens is 1. The molecule has 0 amide bonds. The second-order valence-electron chi connectivity index (χ2n) is 2.89. The molecule has 75 valence electrons. The van der Waals surface area contributed by atoms with Gasteiger partial charge in [0.05, 0.1) is 11.9 Å². The second-order valence-corrected chi connectivity index (χ2v) is 2.89. The van der Waals surface area contributed by atoms with Gasteiger partial charge in [0.15, 0.2) is 11.6 Å². The van der Waals surface area contributed by atoms with E-state index in [1.807, 2.05) is 0 Å². The van der Waals surface area contributed by atoms with Gasteiger partial charge in [0.1, 0.15) is 0 Å². The topological polar surface area (TPSA) is 48.1 Å². The van der Waals surface area contributed by atoms with Crippen LogP contribution in [0.5, 0.6) is 11.6 Å². The highest BCUT2D eigenvalue weighted by Gasteiger charge is 2.03. The zero-order chi connectivity index (χ0) is 10.7. The number of hydrogen-bond acceptors (Lipinski definition) is 3. The summed E-state index contributed by atoms with van der Waals surface area (Å²) in [5.74, 6) is -0.0588. The van der Waals surface area contributed by atoms with Gasteiger partial charge in [-0.05, 0) is 24.3 Å². The number of nitrogens with two attached hydrogens (primary N) is 1. The third-order valence-corrected chi connectivity index (χ3v) is 1.75. The number of rotatable bonds is 2. The molecule has 0 aliphatic rings. The minimum atomic E-state index is -0.476. The molecule has 3 nitrogen and oxygen atoms in total. The molecular weight excluding hydrogens is 195 g/mol. The quantitative estimate of drug-likeness (QED) is 0.815. The summed E-state index contributed by atoms with van der Waals surface area (Å²) in [6.07, 6.45) is 1.45. The third kappa shape index (κ3) is 2.22. The molecule has 0 aliphatic carbocycles. The smallest absolute Gasteiger partial charge is 0.219 e. The number of ether oxygens (including phenoxy) is 1. The molecule has 0 aliphatic heterocycles. The number of hydrogen-bond donors (Lipinski definition) is 1. The molecular formula is C11H8FN2O. The maximum absolute atomic E-state index is 13.1. The van der Waals surface area contributed by atoms with E-state index in [9.17, 15) is 4.39 Å². The van der Waals surface area contributed by atoms with Crippen LogP contribution in [0, 0.1) is 11.9 Å². The summed E-state index contributed by atoms with van der Waals surface area (Å²) in [6, 6.07) is 10.1. The maximum atomic E-state index is 13.1. The van der Waals surface area contributed by atoms with Gasteiger partial charge in [0.2, 0.25) is 5.88 Å². The lowest BCUT2D eigenvalue weighted by Crippen LogP contribution is -1.91. The Morgan fingerprint density at radius 3 is 2.87 bits per heavy atom. The van der Waals surface area contributed by atoms with E-state index in [4.69, 9.17) is 10.5 Å². The van der Waals surface area contributed by atoms with E-state index in [-0.39, 0.29) is 5.75 Å². The van der Waals surface area contributed by atoms with Gasteiger partial charge in [0, 0.05) is 6.07 Å². The Bertz CT molecular complexity index is 456. The van der Waals surface area contributed by atoms with Crippen molar-refractivity contribution in [3.63, 3.8) is 0 Å². The van der Waals surface area contributed by atoms with Crippen LogP contribution in [0.15, 0.2) is 36.5 Å². The summed E-state index contributed by atoms with van der Waals surface area (Å²) < 4.78 is 18.3. The molecule has 0 spiro atoms. The van der Waals surface area contributed by atoms with Crippen LogP contribution in [0.4, 0.5) is 10.1 Å². The summed E-state index contributed by atoms with van der Waals surface area (Å²) in [4.78, 5) is 3.89. The minimum Gasteiger partial charge on any atom is -0.436 e. The molecule has 1 aromatic heterocycles. The third-order valence-electron chi connectivity index (χ3n) is 1.75. The average molecular weight is 203 g/mol. The molecule has 1 aromatic carbocycles. The fourth-order valence-corrected chi connectivity index (χ4v) is 1.04. The molecule has 2 aromatic rings. The SMILES string of the molecule is Nc1ccc(Oc2cc[c]cc2F)nc1. The molecule has 0 saturated carbocycles. The van der Waals surface area contributed by atoms with Crippen LogP contribution >= 0.6 is 0 Å². The molecule has 15 heavy (non-hydrogen) atoms. The Balaban J connectivity index is 2.22. The molecule has 0 fully saturated rings. The number of nitrogens with zero attached hydrogens (tertiary/aromatic N) is 1. The van der Waals surface area contributed by atoms with Gasteiger partial charge in [-0.2, -0.15) is 0 Å². The molecule has 0 bridgehead atoms. The first-order chi connectivity index (χ1) is 7.25. The van der Waals surface area contributed by atoms with Crippen LogP contribution in [0.1, 0.15) is 0 Å². The van der Waals surface area contributed by atoms with Crippen molar-refractivity contribution in [2.45, 2.75) is 0 Å². The summed E-state index contributed by atoms with van der Waals surface area (Å²) >= 11 is 0. The Labute approximate surface area is 86.3 Å². The van der Waals surface area contributed by atoms with E-state index >= 15 is 0 Å². The van der Waals surface area contributed by atoms with Gasteiger partial charge < -0.3 is 10.5 Å². The highest BCUT2D eigenvalue weighted by molar-refractivity contribution is 5.37. The van der Waals surface area contributed by atoms with Crippen molar-refractivity contribution < 1.29 is 9.13 Å². The predicted molar refractivity (Wildman–Crippen MR) is 54.0 cm³/mol. The van der Waals surface area contributed by atoms with Gasteiger partial charge in [-0.1, -0.05) is 6.07 Å². The predicted octanol–water partition coefficient (Wildman–Crippen LogP) is 2.40. The molecule has 0 atom stereocenters. The Hall–Kier alpha value is -2.10. The summed E-state index contributed by atoms with van der Waals surface area (Å²) in [5.41, 5.74) is 5.98. The van der Waals surface area contributed by atoms with E-state index < -0.39 is 5.82 Å². The first kappa shape index (κ1) is 9.45. The molecule has 2 N–H and O–H groups in total. The van der Waals surface area contributed by atoms with Crippen LogP contribution < -0.4 is 10.5 Å². The summed E-state index contributed by atoms with van der Waals surface area (Å²) in [5, 5.41) is 0.